The molecule has 1 unspecified atom stereocenters. The largest absolute Gasteiger partial charge is 0.399 e. The first-order valence-corrected chi connectivity index (χ1v) is 7.24. The van der Waals surface area contributed by atoms with E-state index in [1.807, 2.05) is 0 Å². The lowest BCUT2D eigenvalue weighted by Crippen LogP contribution is -2.49. The maximum atomic E-state index is 13.2. The average Bonchev–Trinajstić information content (AvgIpc) is 2.97. The highest BCUT2D eigenvalue weighted by Gasteiger charge is 2.56. The van der Waals surface area contributed by atoms with Gasteiger partial charge >= 0.3 is 6.18 Å². The minimum absolute atomic E-state index is 0.0651. The molecular weight excluding hydrogens is 309 g/mol. The minimum Gasteiger partial charge on any atom is -0.399 e. The second kappa shape index (κ2) is 4.87. The molecule has 1 amide bonds. The van der Waals surface area contributed by atoms with Gasteiger partial charge in [0.1, 0.15) is 0 Å². The van der Waals surface area contributed by atoms with E-state index in [0.29, 0.717) is 11.2 Å². The van der Waals surface area contributed by atoms with Crippen LogP contribution in [-0.2, 0) is 0 Å². The van der Waals surface area contributed by atoms with Gasteiger partial charge in [-0.2, -0.15) is 18.3 Å². The first kappa shape index (κ1) is 15.6. The van der Waals surface area contributed by atoms with Gasteiger partial charge in [0.15, 0.2) is 0 Å². The molecular formula is C15H17F3N4O. The summed E-state index contributed by atoms with van der Waals surface area (Å²) in [5.74, 6) is -1.99. The van der Waals surface area contributed by atoms with Crippen LogP contribution in [-0.4, -0.2) is 38.7 Å². The number of rotatable bonds is 1. The Hall–Kier alpha value is -2.25. The smallest absolute Gasteiger partial charge is 0.394 e. The van der Waals surface area contributed by atoms with E-state index < -0.39 is 23.5 Å². The Labute approximate surface area is 130 Å². The molecule has 5 nitrogen and oxygen atoms in total. The van der Waals surface area contributed by atoms with E-state index in [1.165, 1.54) is 29.5 Å². The highest BCUT2D eigenvalue weighted by molar-refractivity contribution is 6.01. The van der Waals surface area contributed by atoms with Crippen molar-refractivity contribution in [1.29, 1.82) is 0 Å². The van der Waals surface area contributed by atoms with Crippen molar-refractivity contribution in [2.45, 2.75) is 32.0 Å². The van der Waals surface area contributed by atoms with Crippen LogP contribution in [0.1, 0.15) is 30.6 Å². The normalized spacial score (nSPS) is 21.1. The fraction of sp³-hybridized carbons (Fsp3) is 0.467. The number of hydrogen-bond acceptors (Lipinski definition) is 3. The number of nitrogen functional groups attached to an aromatic ring is 1. The monoisotopic (exact) mass is 326 g/mol. The van der Waals surface area contributed by atoms with Gasteiger partial charge < -0.3 is 10.6 Å². The zero-order valence-corrected chi connectivity index (χ0v) is 12.8. The van der Waals surface area contributed by atoms with Crippen LogP contribution in [0, 0.1) is 5.92 Å². The van der Waals surface area contributed by atoms with Gasteiger partial charge in [-0.1, -0.05) is 0 Å². The predicted molar refractivity (Wildman–Crippen MR) is 78.9 cm³/mol. The molecule has 0 spiro atoms. The Balaban J connectivity index is 1.98. The molecule has 0 aliphatic carbocycles. The predicted octanol–water partition coefficient (Wildman–Crippen LogP) is 2.72. The topological polar surface area (TPSA) is 63.6 Å². The van der Waals surface area contributed by atoms with E-state index in [1.54, 1.807) is 18.3 Å². The lowest BCUT2D eigenvalue weighted by atomic mass is 9.87. The number of alkyl halides is 3. The molecule has 1 fully saturated rings. The quantitative estimate of drug-likeness (QED) is 0.876. The first-order chi connectivity index (χ1) is 10.6. The summed E-state index contributed by atoms with van der Waals surface area (Å²) in [4.78, 5) is 14.1. The van der Waals surface area contributed by atoms with Crippen LogP contribution in [0.3, 0.4) is 0 Å². The van der Waals surface area contributed by atoms with Gasteiger partial charge in [0.05, 0.1) is 23.2 Å². The number of nitrogens with zero attached hydrogens (tertiary/aromatic N) is 3. The van der Waals surface area contributed by atoms with Crippen LogP contribution < -0.4 is 5.73 Å². The van der Waals surface area contributed by atoms with Crippen molar-refractivity contribution in [2.24, 2.45) is 5.92 Å². The van der Waals surface area contributed by atoms with Crippen molar-refractivity contribution in [1.82, 2.24) is 14.5 Å². The number of halogens is 3. The van der Waals surface area contributed by atoms with Crippen LogP contribution in [0.25, 0.3) is 5.52 Å². The molecule has 0 bridgehead atoms. The number of carbonyl (C=O) groups is 1. The number of aromatic nitrogens is 2. The highest BCUT2D eigenvalue weighted by Crippen LogP contribution is 2.45. The summed E-state index contributed by atoms with van der Waals surface area (Å²) in [5, 5.41) is 4.06. The molecule has 0 radical (unpaired) electrons. The number of carbonyl (C=O) groups excluding carboxylic acids is 1. The SMILES string of the molecule is CC1(C)C(C(F)(F)F)CCN1C(=O)c1cnn2ccc(N)cc12. The Morgan fingerprint density at radius 3 is 2.74 bits per heavy atom. The number of hydrogen-bond donors (Lipinski definition) is 1. The summed E-state index contributed by atoms with van der Waals surface area (Å²) in [6.45, 7) is 2.97. The van der Waals surface area contributed by atoms with E-state index in [2.05, 4.69) is 5.10 Å². The molecule has 1 atom stereocenters. The number of anilines is 1. The van der Waals surface area contributed by atoms with Gasteiger partial charge in [-0.25, -0.2) is 4.52 Å². The zero-order chi connectivity index (χ0) is 17.0. The second-order valence-corrected chi connectivity index (χ2v) is 6.34. The van der Waals surface area contributed by atoms with Gasteiger partial charge in [-0.15, -0.1) is 0 Å². The lowest BCUT2D eigenvalue weighted by molar-refractivity contribution is -0.189. The molecule has 3 rings (SSSR count). The molecule has 1 aliphatic rings. The van der Waals surface area contributed by atoms with Crippen molar-refractivity contribution in [2.75, 3.05) is 12.3 Å². The molecule has 1 saturated heterocycles. The van der Waals surface area contributed by atoms with E-state index in [0.717, 1.165) is 0 Å². The minimum atomic E-state index is -4.33. The van der Waals surface area contributed by atoms with E-state index in [4.69, 9.17) is 5.73 Å². The summed E-state index contributed by atoms with van der Waals surface area (Å²) in [6.07, 6.45) is -1.45. The van der Waals surface area contributed by atoms with Gasteiger partial charge in [-0.05, 0) is 32.4 Å². The molecule has 124 valence electrons. The van der Waals surface area contributed by atoms with E-state index >= 15 is 0 Å². The molecule has 8 heteroatoms. The number of amides is 1. The van der Waals surface area contributed by atoms with Crippen LogP contribution in [0.15, 0.2) is 24.5 Å². The molecule has 2 aromatic heterocycles. The van der Waals surface area contributed by atoms with E-state index in [9.17, 15) is 18.0 Å². The number of fused-ring (bicyclic) bond motifs is 1. The van der Waals surface area contributed by atoms with Crippen LogP contribution >= 0.6 is 0 Å². The number of nitrogens with two attached hydrogens (primary N) is 1. The first-order valence-electron chi connectivity index (χ1n) is 7.24. The van der Waals surface area contributed by atoms with Crippen molar-refractivity contribution in [3.63, 3.8) is 0 Å². The third kappa shape index (κ3) is 2.42. The van der Waals surface area contributed by atoms with Gasteiger partial charge in [0.25, 0.3) is 5.91 Å². The zero-order valence-electron chi connectivity index (χ0n) is 12.8. The summed E-state index contributed by atoms with van der Waals surface area (Å²) in [6, 6.07) is 3.22. The molecule has 2 N–H and O–H groups in total. The molecule has 0 saturated carbocycles. The van der Waals surface area contributed by atoms with Crippen molar-refractivity contribution < 1.29 is 18.0 Å². The molecule has 1 aliphatic heterocycles. The Kier molecular flexibility index (Phi) is 3.31. The second-order valence-electron chi connectivity index (χ2n) is 6.34. The molecule has 23 heavy (non-hydrogen) atoms. The van der Waals surface area contributed by atoms with Crippen molar-refractivity contribution in [3.8, 4) is 0 Å². The molecule has 3 heterocycles. The molecule has 2 aromatic rings. The number of pyridine rings is 1. The van der Waals surface area contributed by atoms with Crippen LogP contribution in [0.4, 0.5) is 18.9 Å². The standard InChI is InChI=1S/C15H17F3N4O/c1-14(2)12(15(16,17)18)4-5-21(14)13(23)10-8-20-22-6-3-9(19)7-11(10)22/h3,6-8,12H,4-5,19H2,1-2H3. The Bertz CT molecular complexity index is 766. The maximum Gasteiger partial charge on any atom is 0.394 e. The molecule has 0 aromatic carbocycles. The van der Waals surface area contributed by atoms with Crippen molar-refractivity contribution in [3.05, 3.63) is 30.1 Å². The fourth-order valence-electron chi connectivity index (χ4n) is 3.32. The summed E-state index contributed by atoms with van der Waals surface area (Å²) in [5.41, 5.74) is 5.63. The summed E-state index contributed by atoms with van der Waals surface area (Å²) in [7, 11) is 0. The number of likely N-dealkylation sites (tertiary alicyclic amines) is 1. The van der Waals surface area contributed by atoms with Gasteiger partial charge in [0, 0.05) is 24.0 Å². The third-order valence-corrected chi connectivity index (χ3v) is 4.61. The fourth-order valence-corrected chi connectivity index (χ4v) is 3.32. The average molecular weight is 326 g/mol. The van der Waals surface area contributed by atoms with Gasteiger partial charge in [-0.3, -0.25) is 4.79 Å². The van der Waals surface area contributed by atoms with Gasteiger partial charge in [0.2, 0.25) is 0 Å². The van der Waals surface area contributed by atoms with Crippen LogP contribution in [0.5, 0.6) is 0 Å². The van der Waals surface area contributed by atoms with E-state index in [-0.39, 0.29) is 18.5 Å². The maximum absolute atomic E-state index is 13.2. The Morgan fingerprint density at radius 2 is 2.13 bits per heavy atom. The summed E-state index contributed by atoms with van der Waals surface area (Å²) < 4.78 is 41.0. The lowest BCUT2D eigenvalue weighted by Gasteiger charge is -2.36. The summed E-state index contributed by atoms with van der Waals surface area (Å²) >= 11 is 0. The highest BCUT2D eigenvalue weighted by atomic mass is 19.4. The van der Waals surface area contributed by atoms with Crippen LogP contribution in [0.2, 0.25) is 0 Å². The van der Waals surface area contributed by atoms with Crippen molar-refractivity contribution >= 4 is 17.1 Å². The third-order valence-electron chi connectivity index (χ3n) is 4.61. The Morgan fingerprint density at radius 1 is 1.43 bits per heavy atom.